The number of halogens is 3. The number of alkyl halides is 3. The van der Waals surface area contributed by atoms with Gasteiger partial charge in [0, 0.05) is 41.7 Å². The van der Waals surface area contributed by atoms with E-state index in [1.165, 1.54) is 18.2 Å². The Labute approximate surface area is 249 Å². The minimum Gasteiger partial charge on any atom is -0.440 e. The third-order valence-electron chi connectivity index (χ3n) is 8.76. The van der Waals surface area contributed by atoms with Crippen molar-refractivity contribution in [3.63, 3.8) is 0 Å². The SMILES string of the molecule is N#CC1(NC(=O)[C@@H]2CCCC[C@H]2c2oc(-c3ccccc3C(F)(F)F)nc2-c2ccc(N3CCS(O)(O)CC3)cc2)CC1. The summed E-state index contributed by atoms with van der Waals surface area (Å²) < 4.78 is 68.1. The molecule has 1 amide bonds. The summed E-state index contributed by atoms with van der Waals surface area (Å²) in [4.78, 5) is 20.1. The Morgan fingerprint density at radius 2 is 1.74 bits per heavy atom. The molecule has 2 saturated carbocycles. The molecule has 3 aliphatic rings. The third-order valence-corrected chi connectivity index (χ3v) is 10.4. The molecule has 1 saturated heterocycles. The van der Waals surface area contributed by atoms with Crippen molar-refractivity contribution in [2.45, 2.75) is 56.2 Å². The molecule has 3 fully saturated rings. The summed E-state index contributed by atoms with van der Waals surface area (Å²) in [5.41, 5.74) is 0.0374. The van der Waals surface area contributed by atoms with Gasteiger partial charge in [0.05, 0.1) is 23.1 Å². The summed E-state index contributed by atoms with van der Waals surface area (Å²) in [7, 11) is -2.55. The van der Waals surface area contributed by atoms with Crippen LogP contribution < -0.4 is 10.2 Å². The molecule has 1 aromatic heterocycles. The van der Waals surface area contributed by atoms with Crippen LogP contribution in [0.5, 0.6) is 0 Å². The standard InChI is InChI=1S/C31H33F3N4O4S/c32-31(33,34)25-8-4-3-7-24(25)29-36-26(20-9-11-21(12-10-20)38-15-17-43(40,41)18-16-38)27(42-29)22-5-1-2-6-23(22)28(39)37-30(19-35)13-14-30/h3-4,7-12,22-23,40-41H,1-2,5-6,13-18H2,(H,37,39)/t22-,23-/m1/s1. The second kappa shape index (κ2) is 11.2. The van der Waals surface area contributed by atoms with Gasteiger partial charge in [-0.25, -0.2) is 4.98 Å². The van der Waals surface area contributed by atoms with Gasteiger partial charge < -0.3 is 14.6 Å². The molecule has 3 aromatic rings. The van der Waals surface area contributed by atoms with Crippen LogP contribution in [0.1, 0.15) is 55.8 Å². The number of anilines is 1. The minimum atomic E-state index is -4.62. The van der Waals surface area contributed by atoms with Crippen molar-refractivity contribution >= 4 is 22.2 Å². The van der Waals surface area contributed by atoms with Crippen molar-refractivity contribution in [1.29, 1.82) is 5.26 Å². The maximum Gasteiger partial charge on any atom is 0.417 e. The van der Waals surface area contributed by atoms with E-state index in [-0.39, 0.29) is 17.4 Å². The lowest BCUT2D eigenvalue weighted by molar-refractivity contribution is -0.137. The summed E-state index contributed by atoms with van der Waals surface area (Å²) in [6, 6.07) is 14.8. The number of oxazole rings is 1. The lowest BCUT2D eigenvalue weighted by Crippen LogP contribution is -2.42. The normalized spacial score (nSPS) is 23.7. The number of carbonyl (C=O) groups excluding carboxylic acids is 1. The zero-order chi connectivity index (χ0) is 30.4. The van der Waals surface area contributed by atoms with Crippen molar-refractivity contribution in [2.24, 2.45) is 5.92 Å². The number of nitriles is 1. The first-order valence-electron chi connectivity index (χ1n) is 14.5. The fourth-order valence-electron chi connectivity index (χ4n) is 6.11. The Morgan fingerprint density at radius 1 is 1.07 bits per heavy atom. The summed E-state index contributed by atoms with van der Waals surface area (Å²) in [5, 5.41) is 12.4. The molecule has 0 radical (unpaired) electrons. The monoisotopic (exact) mass is 614 g/mol. The smallest absolute Gasteiger partial charge is 0.417 e. The van der Waals surface area contributed by atoms with Crippen LogP contribution >= 0.6 is 10.6 Å². The van der Waals surface area contributed by atoms with E-state index >= 15 is 0 Å². The number of nitrogens with zero attached hydrogens (tertiary/aromatic N) is 3. The average Bonchev–Trinajstić information content (AvgIpc) is 3.63. The molecule has 8 nitrogen and oxygen atoms in total. The van der Waals surface area contributed by atoms with Gasteiger partial charge in [-0.05, 0) is 49.9 Å². The van der Waals surface area contributed by atoms with E-state index in [1.54, 1.807) is 0 Å². The molecule has 43 heavy (non-hydrogen) atoms. The largest absolute Gasteiger partial charge is 0.440 e. The van der Waals surface area contributed by atoms with Crippen LogP contribution in [0.4, 0.5) is 18.9 Å². The molecule has 12 heteroatoms. The second-order valence-electron chi connectivity index (χ2n) is 11.7. The van der Waals surface area contributed by atoms with E-state index in [9.17, 15) is 32.3 Å². The average molecular weight is 615 g/mol. The topological polar surface area (TPSA) is 123 Å². The summed E-state index contributed by atoms with van der Waals surface area (Å²) >= 11 is 0. The number of aromatic nitrogens is 1. The molecular formula is C31H33F3N4O4S. The number of nitrogens with one attached hydrogen (secondary N) is 1. The Balaban J connectivity index is 1.39. The maximum atomic E-state index is 14.0. The fraction of sp³-hybridized carbons (Fsp3) is 0.452. The number of amides is 1. The lowest BCUT2D eigenvalue weighted by atomic mass is 9.76. The van der Waals surface area contributed by atoms with Gasteiger partial charge in [0.2, 0.25) is 11.8 Å². The van der Waals surface area contributed by atoms with Crippen LogP contribution in [0.2, 0.25) is 0 Å². The molecule has 2 aromatic carbocycles. The van der Waals surface area contributed by atoms with Crippen molar-refractivity contribution in [1.82, 2.24) is 10.3 Å². The van der Waals surface area contributed by atoms with E-state index < -0.39 is 39.7 Å². The van der Waals surface area contributed by atoms with Crippen molar-refractivity contribution in [3.05, 3.63) is 59.9 Å². The van der Waals surface area contributed by atoms with Gasteiger partial charge >= 0.3 is 6.18 Å². The van der Waals surface area contributed by atoms with Crippen LogP contribution in [0, 0.1) is 17.2 Å². The summed E-state index contributed by atoms with van der Waals surface area (Å²) in [6.45, 7) is 0.997. The van der Waals surface area contributed by atoms with E-state index in [2.05, 4.69) is 21.3 Å². The first kappa shape index (κ1) is 29.5. The van der Waals surface area contributed by atoms with E-state index in [0.29, 0.717) is 67.3 Å². The van der Waals surface area contributed by atoms with Gasteiger partial charge in [0.1, 0.15) is 17.0 Å². The first-order valence-corrected chi connectivity index (χ1v) is 16.4. The van der Waals surface area contributed by atoms with Crippen molar-refractivity contribution < 1.29 is 31.5 Å². The molecule has 228 valence electrons. The molecule has 0 spiro atoms. The Hall–Kier alpha value is -3.53. The predicted molar refractivity (Wildman–Crippen MR) is 158 cm³/mol. The highest BCUT2D eigenvalue weighted by Gasteiger charge is 2.47. The molecule has 0 unspecified atom stereocenters. The third kappa shape index (κ3) is 6.12. The second-order valence-corrected chi connectivity index (χ2v) is 14.1. The molecule has 3 N–H and O–H groups in total. The fourth-order valence-corrected chi connectivity index (χ4v) is 7.34. The number of rotatable bonds is 6. The Morgan fingerprint density at radius 3 is 2.40 bits per heavy atom. The first-order chi connectivity index (χ1) is 20.5. The van der Waals surface area contributed by atoms with Gasteiger partial charge in [-0.1, -0.05) is 37.1 Å². The molecule has 1 aliphatic heterocycles. The highest BCUT2D eigenvalue weighted by molar-refractivity contribution is 8.24. The van der Waals surface area contributed by atoms with Gasteiger partial charge in [-0.3, -0.25) is 13.9 Å². The van der Waals surface area contributed by atoms with Crippen LogP contribution in [-0.2, 0) is 11.0 Å². The van der Waals surface area contributed by atoms with E-state index in [4.69, 9.17) is 4.42 Å². The summed E-state index contributed by atoms with van der Waals surface area (Å²) in [5.74, 6) is -0.384. The van der Waals surface area contributed by atoms with Gasteiger partial charge in [0.25, 0.3) is 0 Å². The van der Waals surface area contributed by atoms with Gasteiger partial charge in [-0.2, -0.15) is 29.0 Å². The van der Waals surface area contributed by atoms with E-state index in [0.717, 1.165) is 24.6 Å². The van der Waals surface area contributed by atoms with Crippen molar-refractivity contribution in [2.75, 3.05) is 29.5 Å². The van der Waals surface area contributed by atoms with Crippen LogP contribution in [0.3, 0.4) is 0 Å². The van der Waals surface area contributed by atoms with Crippen LogP contribution in [-0.4, -0.2) is 50.1 Å². The maximum absolute atomic E-state index is 14.0. The van der Waals surface area contributed by atoms with Gasteiger partial charge in [-0.15, -0.1) is 0 Å². The molecule has 0 bridgehead atoms. The zero-order valence-electron chi connectivity index (χ0n) is 23.4. The molecule has 2 heterocycles. The van der Waals surface area contributed by atoms with E-state index in [1.807, 2.05) is 24.3 Å². The number of hydrogen-bond acceptors (Lipinski definition) is 7. The van der Waals surface area contributed by atoms with Crippen LogP contribution in [0.15, 0.2) is 52.9 Å². The number of hydrogen-bond donors (Lipinski definition) is 3. The summed E-state index contributed by atoms with van der Waals surface area (Å²) in [6.07, 6.45) is -0.622. The number of benzene rings is 2. The molecule has 2 atom stereocenters. The van der Waals surface area contributed by atoms with Gasteiger partial charge in [0.15, 0.2) is 0 Å². The number of carbonyl (C=O) groups is 1. The quantitative estimate of drug-likeness (QED) is 0.272. The Bertz CT molecular complexity index is 1540. The zero-order valence-corrected chi connectivity index (χ0v) is 24.3. The highest BCUT2D eigenvalue weighted by atomic mass is 32.3. The molecule has 2 aliphatic carbocycles. The lowest BCUT2D eigenvalue weighted by Gasteiger charge is -2.41. The highest BCUT2D eigenvalue weighted by Crippen LogP contribution is 2.47. The molecule has 6 rings (SSSR count). The Kier molecular flexibility index (Phi) is 7.69. The van der Waals surface area contributed by atoms with Crippen molar-refractivity contribution in [3.8, 4) is 28.8 Å². The van der Waals surface area contributed by atoms with Crippen LogP contribution in [0.25, 0.3) is 22.7 Å². The predicted octanol–water partition coefficient (Wildman–Crippen LogP) is 7.04. The minimum absolute atomic E-state index is 0.163. The molecular weight excluding hydrogens is 581 g/mol.